The highest BCUT2D eigenvalue weighted by atomic mass is 32.2. The molecule has 0 aromatic carbocycles. The Hall–Kier alpha value is -2.14. The van der Waals surface area contributed by atoms with Gasteiger partial charge in [0, 0.05) is 0 Å². The lowest BCUT2D eigenvalue weighted by Gasteiger charge is -2.41. The molecule has 0 amide bonds. The first-order valence-corrected chi connectivity index (χ1v) is 11.0. The second-order valence-electron chi connectivity index (χ2n) is 6.72. The topological polar surface area (TPSA) is 118 Å². The predicted octanol–water partition coefficient (Wildman–Crippen LogP) is 5.99. The molecule has 0 fully saturated rings. The van der Waals surface area contributed by atoms with Crippen molar-refractivity contribution in [3.8, 4) is 0 Å². The minimum atomic E-state index is -8.84. The van der Waals surface area contributed by atoms with Crippen molar-refractivity contribution < 1.29 is 118 Å². The van der Waals surface area contributed by atoms with E-state index in [1.54, 1.807) is 0 Å². The maximum absolute atomic E-state index is 14.0. The summed E-state index contributed by atoms with van der Waals surface area (Å²) in [4.78, 5) is 0. The monoisotopic (exact) mass is 702 g/mol. The molecule has 2 atom stereocenters. The number of hydrogen-bond acceptors (Lipinski definition) is 5. The van der Waals surface area contributed by atoms with E-state index in [-0.39, 0.29) is 0 Å². The fourth-order valence-corrected chi connectivity index (χ4v) is 3.64. The Bertz CT molecular complexity index is 1210. The van der Waals surface area contributed by atoms with E-state index in [2.05, 4.69) is 0 Å². The van der Waals surface area contributed by atoms with E-state index >= 15 is 0 Å². The van der Waals surface area contributed by atoms with Crippen molar-refractivity contribution in [2.24, 2.45) is 0 Å². The Balaban J connectivity index is 7.42. The molecular formula is C12H2F20O7S2. The van der Waals surface area contributed by atoms with Crippen LogP contribution in [0.4, 0.5) is 87.8 Å². The molecule has 41 heavy (non-hydrogen) atoms. The van der Waals surface area contributed by atoms with E-state index in [1.807, 2.05) is 0 Å². The quantitative estimate of drug-likeness (QED) is 0.190. The van der Waals surface area contributed by atoms with E-state index in [0.29, 0.717) is 0 Å². The van der Waals surface area contributed by atoms with Crippen LogP contribution in [0.3, 0.4) is 0 Å². The van der Waals surface area contributed by atoms with Crippen LogP contribution in [0.15, 0.2) is 23.8 Å². The van der Waals surface area contributed by atoms with Crippen LogP contribution in [0.2, 0.25) is 0 Å². The smallest absolute Gasteiger partial charge is 0.283 e. The highest BCUT2D eigenvalue weighted by Gasteiger charge is 2.91. The van der Waals surface area contributed by atoms with Gasteiger partial charge in [-0.15, -0.1) is 0 Å². The molecule has 0 spiro atoms. The molecule has 0 aromatic rings. The summed E-state index contributed by atoms with van der Waals surface area (Å²) in [5, 5.41) is -15.8. The van der Waals surface area contributed by atoms with Gasteiger partial charge in [0.05, 0.1) is 0 Å². The van der Waals surface area contributed by atoms with Crippen molar-refractivity contribution >= 4 is 20.2 Å². The SMILES string of the molecule is O=S(=O)(O)C(F)(C(F)=C(F)F)C(F)(F)C(F)(F)C(F)(F)OC(F)(F)C(F)(F)C(F)(F)C(F)(C(F)=C(F)F)S(=O)(=O)O. The van der Waals surface area contributed by atoms with E-state index < -0.39 is 90.0 Å². The van der Waals surface area contributed by atoms with Crippen LogP contribution < -0.4 is 0 Å². The standard InChI is InChI=1S/C12H2F20O7S2/c13-1(3(15)16)5(19,40(33,34)35)7(21,22)9(25,26)11(29,30)39-12(31,32)10(27,28)8(23,24)6(20,41(36,37)38)2(14)4(17)18/h(H,33,34,35)(H,36,37,38). The third-order valence-electron chi connectivity index (χ3n) is 4.19. The molecule has 2 N–H and O–H groups in total. The molecule has 0 radical (unpaired) electrons. The van der Waals surface area contributed by atoms with Gasteiger partial charge < -0.3 is 0 Å². The number of halogens is 20. The third kappa shape index (κ3) is 5.30. The first-order valence-electron chi connectivity index (χ1n) is 8.13. The number of hydrogen-bond donors (Lipinski definition) is 2. The maximum Gasteiger partial charge on any atom is 0.430 e. The van der Waals surface area contributed by atoms with E-state index in [4.69, 9.17) is 9.11 Å². The lowest BCUT2D eigenvalue weighted by atomic mass is 10.0. The van der Waals surface area contributed by atoms with Gasteiger partial charge in [-0.1, -0.05) is 0 Å². The molecule has 0 saturated carbocycles. The van der Waals surface area contributed by atoms with Gasteiger partial charge >= 0.3 is 78.3 Å². The molecule has 7 nitrogen and oxygen atoms in total. The van der Waals surface area contributed by atoms with Gasteiger partial charge in [0.1, 0.15) is 0 Å². The highest BCUT2D eigenvalue weighted by Crippen LogP contribution is 2.61. The first-order chi connectivity index (χ1) is 17.4. The van der Waals surface area contributed by atoms with Crippen LogP contribution in [0.25, 0.3) is 0 Å². The van der Waals surface area contributed by atoms with Gasteiger partial charge in [0.25, 0.3) is 0 Å². The minimum Gasteiger partial charge on any atom is -0.283 e. The molecule has 0 bridgehead atoms. The molecule has 0 heterocycles. The molecule has 0 rings (SSSR count). The molecule has 0 saturated heterocycles. The zero-order valence-electron chi connectivity index (χ0n) is 17.3. The molecule has 0 aromatic heterocycles. The fourth-order valence-electron chi connectivity index (χ4n) is 2.13. The van der Waals surface area contributed by atoms with Gasteiger partial charge in [-0.25, -0.2) is 22.3 Å². The summed E-state index contributed by atoms with van der Waals surface area (Å²) in [7, 11) is -16.5. The zero-order chi connectivity index (χ0) is 34.0. The molecule has 2 unspecified atom stereocenters. The molecular weight excluding hydrogens is 700 g/mol. The molecule has 244 valence electrons. The van der Waals surface area contributed by atoms with Crippen LogP contribution in [0.1, 0.15) is 0 Å². The van der Waals surface area contributed by atoms with E-state index in [0.717, 1.165) is 4.74 Å². The van der Waals surface area contributed by atoms with Crippen LogP contribution in [-0.2, 0) is 25.0 Å². The fraction of sp³-hybridized carbons (Fsp3) is 0.667. The van der Waals surface area contributed by atoms with Crippen LogP contribution in [0, 0.1) is 0 Å². The van der Waals surface area contributed by atoms with E-state index in [9.17, 15) is 105 Å². The van der Waals surface area contributed by atoms with Crippen molar-refractivity contribution in [1.82, 2.24) is 0 Å². The Morgan fingerprint density at radius 3 is 0.780 bits per heavy atom. The second kappa shape index (κ2) is 10.2. The Kier molecular flexibility index (Phi) is 9.71. The summed E-state index contributed by atoms with van der Waals surface area (Å²) >= 11 is 0. The average molecular weight is 702 g/mol. The lowest BCUT2D eigenvalue weighted by molar-refractivity contribution is -0.505. The summed E-state index contributed by atoms with van der Waals surface area (Å²) in [5.74, 6) is -45.2. The zero-order valence-corrected chi connectivity index (χ0v) is 18.9. The van der Waals surface area contributed by atoms with Crippen LogP contribution in [-0.4, -0.2) is 71.8 Å². The van der Waals surface area contributed by atoms with Gasteiger partial charge in [0.15, 0.2) is 0 Å². The summed E-state index contributed by atoms with van der Waals surface area (Å²) in [6.45, 7) is 0. The van der Waals surface area contributed by atoms with Gasteiger partial charge in [0.2, 0.25) is 11.7 Å². The number of alkyl halides is 14. The third-order valence-corrected chi connectivity index (χ3v) is 6.48. The van der Waals surface area contributed by atoms with E-state index in [1.165, 1.54) is 0 Å². The largest absolute Gasteiger partial charge is 0.430 e. The molecule has 0 aliphatic heterocycles. The van der Waals surface area contributed by atoms with Gasteiger partial charge in [-0.2, -0.15) is 87.1 Å². The molecule has 29 heteroatoms. The Labute approximate surface area is 209 Å². The summed E-state index contributed by atoms with van der Waals surface area (Å²) in [5.41, 5.74) is 0. The predicted molar refractivity (Wildman–Crippen MR) is 82.2 cm³/mol. The summed E-state index contributed by atoms with van der Waals surface area (Å²) < 4.78 is 326. The van der Waals surface area contributed by atoms with Gasteiger partial charge in [-0.3, -0.25) is 9.11 Å². The van der Waals surface area contributed by atoms with Gasteiger partial charge in [-0.05, 0) is 0 Å². The van der Waals surface area contributed by atoms with Crippen molar-refractivity contribution in [3.05, 3.63) is 23.8 Å². The molecule has 0 aliphatic rings. The van der Waals surface area contributed by atoms with Crippen molar-refractivity contribution in [2.45, 2.75) is 45.9 Å². The second-order valence-corrected chi connectivity index (χ2v) is 9.75. The van der Waals surface area contributed by atoms with Crippen LogP contribution >= 0.6 is 0 Å². The van der Waals surface area contributed by atoms with Crippen molar-refractivity contribution in [3.63, 3.8) is 0 Å². The number of rotatable bonds is 12. The first kappa shape index (κ1) is 38.9. The van der Waals surface area contributed by atoms with Crippen LogP contribution in [0.5, 0.6) is 0 Å². The lowest BCUT2D eigenvalue weighted by Crippen LogP contribution is -2.71. The maximum atomic E-state index is 14.0. The minimum absolute atomic E-state index is 0.959. The van der Waals surface area contributed by atoms with Crippen molar-refractivity contribution in [1.29, 1.82) is 0 Å². The summed E-state index contributed by atoms with van der Waals surface area (Å²) in [6.07, 6.45) is -26.9. The Morgan fingerprint density at radius 1 is 0.439 bits per heavy atom. The molecule has 0 aliphatic carbocycles. The average Bonchev–Trinajstić information content (AvgIpc) is 2.73. The summed E-state index contributed by atoms with van der Waals surface area (Å²) in [6, 6.07) is 0. The number of ether oxygens (including phenoxy) is 1. The Morgan fingerprint density at radius 2 is 0.634 bits per heavy atom. The van der Waals surface area contributed by atoms with Crippen molar-refractivity contribution in [2.75, 3.05) is 0 Å². The normalized spacial score (nSPS) is 17.9. The highest BCUT2D eigenvalue weighted by molar-refractivity contribution is 7.87.